The second-order valence-corrected chi connectivity index (χ2v) is 3.33. The third-order valence-electron chi connectivity index (χ3n) is 0.658. The summed E-state index contributed by atoms with van der Waals surface area (Å²) in [6.45, 7) is 0. The first-order valence-electron chi connectivity index (χ1n) is 1.99. The van der Waals surface area contributed by atoms with Crippen LogP contribution < -0.4 is 0 Å². The van der Waals surface area contributed by atoms with Crippen molar-refractivity contribution in [3.63, 3.8) is 0 Å². The summed E-state index contributed by atoms with van der Waals surface area (Å²) >= 11 is 0. The van der Waals surface area contributed by atoms with Gasteiger partial charge in [0.15, 0.2) is 0 Å². The standard InChI is InChI=1S/C3H9NO3S.Na.H/c1-4(2)8(5,6)7-3;;/h1-3H3;;. The summed E-state index contributed by atoms with van der Waals surface area (Å²) in [5.74, 6) is 0. The Morgan fingerprint density at radius 1 is 1.33 bits per heavy atom. The van der Waals surface area contributed by atoms with Gasteiger partial charge in [-0.15, -0.1) is 0 Å². The Morgan fingerprint density at radius 3 is 1.67 bits per heavy atom. The summed E-state index contributed by atoms with van der Waals surface area (Å²) in [4.78, 5) is 0. The molecule has 0 aromatic carbocycles. The van der Waals surface area contributed by atoms with Crippen molar-refractivity contribution in [1.29, 1.82) is 0 Å². The van der Waals surface area contributed by atoms with Crippen molar-refractivity contribution in [2.45, 2.75) is 0 Å². The molecule has 0 unspecified atom stereocenters. The quantitative estimate of drug-likeness (QED) is 0.480. The van der Waals surface area contributed by atoms with Crippen molar-refractivity contribution < 1.29 is 12.6 Å². The zero-order valence-corrected chi connectivity index (χ0v) is 5.90. The van der Waals surface area contributed by atoms with Gasteiger partial charge in [-0.25, -0.2) is 0 Å². The fraction of sp³-hybridized carbons (Fsp3) is 1.00. The van der Waals surface area contributed by atoms with Gasteiger partial charge in [0.25, 0.3) is 0 Å². The molecule has 6 heteroatoms. The minimum atomic E-state index is -3.40. The normalized spacial score (nSPS) is 11.1. The van der Waals surface area contributed by atoms with Crippen LogP contribution in [0.4, 0.5) is 0 Å². The average molecular weight is 163 g/mol. The van der Waals surface area contributed by atoms with Crippen LogP contribution in [-0.4, -0.2) is 63.5 Å². The summed E-state index contributed by atoms with van der Waals surface area (Å²) in [5, 5.41) is 0. The predicted octanol–water partition coefficient (Wildman–Crippen LogP) is -1.21. The maximum atomic E-state index is 10.4. The van der Waals surface area contributed by atoms with Crippen LogP contribution in [-0.2, 0) is 14.5 Å². The van der Waals surface area contributed by atoms with Gasteiger partial charge >= 0.3 is 39.9 Å². The van der Waals surface area contributed by atoms with Gasteiger partial charge in [0, 0.05) is 14.1 Å². The molecule has 0 radical (unpaired) electrons. The Balaban J connectivity index is 0. The van der Waals surface area contributed by atoms with E-state index in [0.29, 0.717) is 0 Å². The van der Waals surface area contributed by atoms with Crippen LogP contribution in [0, 0.1) is 0 Å². The molecule has 0 aromatic heterocycles. The summed E-state index contributed by atoms with van der Waals surface area (Å²) in [6, 6.07) is 0. The Labute approximate surface area is 77.7 Å². The van der Waals surface area contributed by atoms with Gasteiger partial charge in [-0.2, -0.15) is 12.7 Å². The Morgan fingerprint density at radius 2 is 1.67 bits per heavy atom. The molecule has 0 amide bonds. The topological polar surface area (TPSA) is 46.6 Å². The molecule has 0 bridgehead atoms. The Kier molecular flexibility index (Phi) is 6.48. The third-order valence-corrected chi connectivity index (χ3v) is 1.97. The van der Waals surface area contributed by atoms with E-state index >= 15 is 0 Å². The minimum absolute atomic E-state index is 0. The van der Waals surface area contributed by atoms with E-state index in [2.05, 4.69) is 4.18 Å². The molecule has 0 heterocycles. The van der Waals surface area contributed by atoms with Crippen molar-refractivity contribution in [2.75, 3.05) is 21.2 Å². The van der Waals surface area contributed by atoms with Crippen LogP contribution in [0.25, 0.3) is 0 Å². The van der Waals surface area contributed by atoms with E-state index in [9.17, 15) is 8.42 Å². The Bertz CT molecular complexity index is 152. The molecular weight excluding hydrogens is 153 g/mol. The van der Waals surface area contributed by atoms with Crippen molar-refractivity contribution in [1.82, 2.24) is 4.31 Å². The summed E-state index contributed by atoms with van der Waals surface area (Å²) in [7, 11) is 0.521. The first-order chi connectivity index (χ1) is 3.50. The van der Waals surface area contributed by atoms with E-state index < -0.39 is 10.3 Å². The van der Waals surface area contributed by atoms with Gasteiger partial charge in [0.2, 0.25) is 0 Å². The predicted molar refractivity (Wildman–Crippen MR) is 36.8 cm³/mol. The molecule has 9 heavy (non-hydrogen) atoms. The molecule has 0 rings (SSSR count). The molecule has 0 saturated carbocycles. The summed E-state index contributed by atoms with van der Waals surface area (Å²) in [5.41, 5.74) is 0. The molecule has 0 N–H and O–H groups in total. The van der Waals surface area contributed by atoms with Crippen LogP contribution in [0.3, 0.4) is 0 Å². The zero-order chi connectivity index (χ0) is 6.78. The van der Waals surface area contributed by atoms with E-state index in [1.807, 2.05) is 0 Å². The molecule has 52 valence electrons. The molecule has 0 aliphatic heterocycles. The molecule has 0 saturated heterocycles. The van der Waals surface area contributed by atoms with Gasteiger partial charge in [0.1, 0.15) is 0 Å². The van der Waals surface area contributed by atoms with E-state index in [-0.39, 0.29) is 29.6 Å². The first kappa shape index (κ1) is 12.5. The molecule has 0 atom stereocenters. The molecular formula is C3H10NNaO3S. The third kappa shape index (κ3) is 4.30. The number of rotatable bonds is 2. The maximum absolute atomic E-state index is 10.4. The fourth-order valence-corrected chi connectivity index (χ4v) is 0.447. The van der Waals surface area contributed by atoms with Crippen LogP contribution >= 0.6 is 0 Å². The van der Waals surface area contributed by atoms with Gasteiger partial charge in [0.05, 0.1) is 7.11 Å². The Hall–Kier alpha value is 0.870. The second-order valence-electron chi connectivity index (χ2n) is 1.41. The van der Waals surface area contributed by atoms with Gasteiger partial charge < -0.3 is 0 Å². The van der Waals surface area contributed by atoms with Crippen LogP contribution in [0.5, 0.6) is 0 Å². The van der Waals surface area contributed by atoms with Crippen LogP contribution in [0.2, 0.25) is 0 Å². The average Bonchev–Trinajstić information content (AvgIpc) is 1.67. The number of hydrogen-bond donors (Lipinski definition) is 0. The first-order valence-corrected chi connectivity index (χ1v) is 3.35. The van der Waals surface area contributed by atoms with Crippen molar-refractivity contribution >= 4 is 39.9 Å². The molecule has 0 aromatic rings. The number of hydrogen-bond acceptors (Lipinski definition) is 3. The van der Waals surface area contributed by atoms with E-state index in [1.165, 1.54) is 14.1 Å². The van der Waals surface area contributed by atoms with Crippen LogP contribution in [0.1, 0.15) is 0 Å². The summed E-state index contributed by atoms with van der Waals surface area (Å²) < 4.78 is 25.9. The zero-order valence-electron chi connectivity index (χ0n) is 5.08. The fourth-order valence-electron chi connectivity index (χ4n) is 0.149. The molecule has 0 fully saturated rings. The van der Waals surface area contributed by atoms with Gasteiger partial charge in [-0.3, -0.25) is 4.18 Å². The molecule has 0 spiro atoms. The monoisotopic (exact) mass is 163 g/mol. The summed E-state index contributed by atoms with van der Waals surface area (Å²) in [6.07, 6.45) is 0. The van der Waals surface area contributed by atoms with Crippen molar-refractivity contribution in [3.05, 3.63) is 0 Å². The van der Waals surface area contributed by atoms with E-state index in [1.54, 1.807) is 0 Å². The van der Waals surface area contributed by atoms with E-state index in [0.717, 1.165) is 11.4 Å². The van der Waals surface area contributed by atoms with E-state index in [4.69, 9.17) is 0 Å². The van der Waals surface area contributed by atoms with Crippen molar-refractivity contribution in [3.8, 4) is 0 Å². The van der Waals surface area contributed by atoms with Crippen molar-refractivity contribution in [2.24, 2.45) is 0 Å². The van der Waals surface area contributed by atoms with Gasteiger partial charge in [-0.1, -0.05) is 0 Å². The SMILES string of the molecule is COS(=O)(=O)N(C)C.[NaH]. The number of nitrogens with zero attached hydrogens (tertiary/aromatic N) is 1. The second kappa shape index (κ2) is 4.65. The molecule has 4 nitrogen and oxygen atoms in total. The van der Waals surface area contributed by atoms with Gasteiger partial charge in [-0.05, 0) is 0 Å². The molecule has 0 aliphatic rings. The molecule has 0 aliphatic carbocycles. The van der Waals surface area contributed by atoms with Crippen LogP contribution in [0.15, 0.2) is 0 Å².